The highest BCUT2D eigenvalue weighted by Gasteiger charge is 2.44. The maximum atomic E-state index is 2.67. The molecule has 2 aliphatic carbocycles. The summed E-state index contributed by atoms with van der Waals surface area (Å²) in [5.41, 5.74) is 17.5. The van der Waals surface area contributed by atoms with Crippen LogP contribution in [0.5, 0.6) is 0 Å². The van der Waals surface area contributed by atoms with Crippen LogP contribution in [0.15, 0.2) is 109 Å². The van der Waals surface area contributed by atoms with Crippen molar-refractivity contribution in [2.45, 2.75) is 225 Å². The van der Waals surface area contributed by atoms with E-state index < -0.39 is 0 Å². The van der Waals surface area contributed by atoms with Crippen LogP contribution in [0.2, 0.25) is 0 Å². The number of unbranched alkanes of at least 4 members (excludes halogenated alkanes) is 20. The molecule has 0 unspecified atom stereocenters. The summed E-state index contributed by atoms with van der Waals surface area (Å²) in [5.74, 6) is 0. The van der Waals surface area contributed by atoms with E-state index in [1.165, 1.54) is 225 Å². The van der Waals surface area contributed by atoms with Crippen LogP contribution in [0.1, 0.15) is 235 Å². The molecule has 1 nitrogen and oxygen atoms in total. The zero-order valence-electron chi connectivity index (χ0n) is 42.6. The molecular formula is C65H89N. The molecule has 0 bridgehead atoms. The minimum atomic E-state index is 0.0411. The van der Waals surface area contributed by atoms with E-state index in [0.717, 1.165) is 0 Å². The van der Waals surface area contributed by atoms with Gasteiger partial charge in [0.25, 0.3) is 0 Å². The number of anilines is 3. The highest BCUT2D eigenvalue weighted by Crippen LogP contribution is 2.58. The molecule has 1 heteroatoms. The van der Waals surface area contributed by atoms with Crippen molar-refractivity contribution in [1.29, 1.82) is 0 Å². The van der Waals surface area contributed by atoms with E-state index in [1.54, 1.807) is 22.3 Å². The summed E-state index contributed by atoms with van der Waals surface area (Å²) in [6.45, 7) is 11.6. The number of hydrogen-bond acceptors (Lipinski definition) is 1. The van der Waals surface area contributed by atoms with Crippen LogP contribution in [0.3, 0.4) is 0 Å². The van der Waals surface area contributed by atoms with Crippen molar-refractivity contribution >= 4 is 17.1 Å². The van der Waals surface area contributed by atoms with Crippen molar-refractivity contribution in [3.63, 3.8) is 0 Å². The van der Waals surface area contributed by atoms with Gasteiger partial charge in [0.2, 0.25) is 0 Å². The quantitative estimate of drug-likeness (QED) is 0.0401. The molecule has 0 N–H and O–H groups in total. The second kappa shape index (κ2) is 25.3. The zero-order chi connectivity index (χ0) is 46.0. The minimum absolute atomic E-state index is 0.0411. The lowest BCUT2D eigenvalue weighted by molar-refractivity contribution is 0.398. The summed E-state index contributed by atoms with van der Waals surface area (Å²) in [5, 5.41) is 0. The fourth-order valence-corrected chi connectivity index (χ4v) is 12.5. The third kappa shape index (κ3) is 11.6. The number of nitrogens with zero attached hydrogens (tertiary/aromatic N) is 1. The van der Waals surface area contributed by atoms with E-state index in [4.69, 9.17) is 0 Å². The van der Waals surface area contributed by atoms with E-state index in [9.17, 15) is 0 Å². The molecule has 354 valence electrons. The molecule has 0 spiro atoms. The van der Waals surface area contributed by atoms with Crippen molar-refractivity contribution in [2.24, 2.45) is 0 Å². The Hall–Kier alpha value is -4.10. The van der Waals surface area contributed by atoms with Crippen molar-refractivity contribution in [3.05, 3.63) is 137 Å². The monoisotopic (exact) mass is 884 g/mol. The molecule has 0 fully saturated rings. The van der Waals surface area contributed by atoms with Gasteiger partial charge >= 0.3 is 0 Å². The van der Waals surface area contributed by atoms with E-state index in [0.29, 0.717) is 0 Å². The van der Waals surface area contributed by atoms with Gasteiger partial charge in [-0.1, -0.05) is 260 Å². The van der Waals surface area contributed by atoms with Gasteiger partial charge in [-0.3, -0.25) is 0 Å². The second-order valence-corrected chi connectivity index (χ2v) is 21.0. The predicted octanol–water partition coefficient (Wildman–Crippen LogP) is 21.0. The average Bonchev–Trinajstić information content (AvgIpc) is 3.77. The summed E-state index contributed by atoms with van der Waals surface area (Å²) in [7, 11) is 0. The van der Waals surface area contributed by atoms with Gasteiger partial charge in [0.15, 0.2) is 0 Å². The van der Waals surface area contributed by atoms with Crippen LogP contribution >= 0.6 is 0 Å². The smallest absolute Gasteiger partial charge is 0.0465 e. The molecule has 2 aliphatic rings. The molecule has 0 saturated heterocycles. The van der Waals surface area contributed by atoms with Gasteiger partial charge in [0.1, 0.15) is 0 Å². The van der Waals surface area contributed by atoms with Crippen molar-refractivity contribution in [3.8, 4) is 22.3 Å². The molecule has 7 rings (SSSR count). The molecule has 0 atom stereocenters. The van der Waals surface area contributed by atoms with Gasteiger partial charge in [0.05, 0.1) is 0 Å². The van der Waals surface area contributed by atoms with Crippen LogP contribution in [0.4, 0.5) is 17.1 Å². The van der Waals surface area contributed by atoms with E-state index in [-0.39, 0.29) is 10.8 Å². The predicted molar refractivity (Wildman–Crippen MR) is 290 cm³/mol. The van der Waals surface area contributed by atoms with Gasteiger partial charge in [-0.25, -0.2) is 0 Å². The number of hydrogen-bond donors (Lipinski definition) is 0. The Balaban J connectivity index is 1.32. The first-order valence-corrected chi connectivity index (χ1v) is 27.9. The summed E-state index contributed by atoms with van der Waals surface area (Å²) in [4.78, 5) is 2.63. The van der Waals surface area contributed by atoms with Crippen LogP contribution in [0.25, 0.3) is 22.3 Å². The highest BCUT2D eigenvalue weighted by molar-refractivity contribution is 5.88. The Morgan fingerprint density at radius 2 is 0.606 bits per heavy atom. The topological polar surface area (TPSA) is 3.24 Å². The number of fused-ring (bicyclic) bond motifs is 6. The van der Waals surface area contributed by atoms with Crippen LogP contribution in [0, 0.1) is 6.92 Å². The first-order chi connectivity index (χ1) is 32.5. The Bertz CT molecular complexity index is 2040. The molecule has 0 aliphatic heterocycles. The van der Waals surface area contributed by atoms with E-state index in [1.807, 2.05) is 0 Å². The van der Waals surface area contributed by atoms with Crippen LogP contribution < -0.4 is 4.90 Å². The maximum Gasteiger partial charge on any atom is 0.0465 e. The lowest BCUT2D eigenvalue weighted by Gasteiger charge is -2.35. The fourth-order valence-electron chi connectivity index (χ4n) is 12.5. The molecule has 5 aromatic rings. The molecule has 0 radical (unpaired) electrons. The van der Waals surface area contributed by atoms with Gasteiger partial charge in [0, 0.05) is 27.9 Å². The minimum Gasteiger partial charge on any atom is -0.310 e. The summed E-state index contributed by atoms with van der Waals surface area (Å²) < 4.78 is 0. The van der Waals surface area contributed by atoms with Crippen LogP contribution in [-0.2, 0) is 10.8 Å². The van der Waals surface area contributed by atoms with E-state index >= 15 is 0 Å². The summed E-state index contributed by atoms with van der Waals surface area (Å²) in [6, 6.07) is 43.8. The SMILES string of the molecule is CCCCCCCCC1(CCCCCCCC)c2ccccc2-c2ccc(N(c3ccc(C)cc3)c3ccc4c(c3)C(CCCCCCCC)(CCCCCCCC)c3ccccc3-4)cc21. The van der Waals surface area contributed by atoms with Gasteiger partial charge in [-0.15, -0.1) is 0 Å². The fraction of sp³-hybridized carbons (Fsp3) is 0.538. The van der Waals surface area contributed by atoms with Crippen LogP contribution in [-0.4, -0.2) is 0 Å². The lowest BCUT2D eigenvalue weighted by Crippen LogP contribution is -2.26. The molecular weight excluding hydrogens is 795 g/mol. The molecule has 66 heavy (non-hydrogen) atoms. The molecule has 0 aromatic heterocycles. The maximum absolute atomic E-state index is 2.67. The molecule has 5 aromatic carbocycles. The summed E-state index contributed by atoms with van der Waals surface area (Å²) in [6.07, 6.45) is 37.1. The van der Waals surface area contributed by atoms with Gasteiger partial charge < -0.3 is 4.90 Å². The van der Waals surface area contributed by atoms with Gasteiger partial charge in [-0.05, 0) is 114 Å². The van der Waals surface area contributed by atoms with E-state index in [2.05, 4.69) is 149 Å². The van der Waals surface area contributed by atoms with Gasteiger partial charge in [-0.2, -0.15) is 0 Å². The zero-order valence-corrected chi connectivity index (χ0v) is 42.6. The van der Waals surface area contributed by atoms with Crippen molar-refractivity contribution < 1.29 is 0 Å². The first kappa shape index (κ1) is 49.8. The normalized spacial score (nSPS) is 14.0. The largest absolute Gasteiger partial charge is 0.310 e. The Morgan fingerprint density at radius 1 is 0.303 bits per heavy atom. The Labute approximate surface area is 404 Å². The average molecular weight is 884 g/mol. The standard InChI is InChI=1S/C65H89N/c1-6-10-14-18-22-30-46-64(47-31-23-19-15-11-7-2)60-36-28-26-34-56(60)58-44-42-54(50-62(58)64)66(53-40-38-52(5)39-41-53)55-43-45-59-57-35-27-29-37-61(57)65(63(59)51-55,48-32-24-20-16-12-8-3)49-33-25-21-17-13-9-4/h26-29,34-45,50-51H,6-25,30-33,46-49H2,1-5H3. The lowest BCUT2D eigenvalue weighted by atomic mass is 9.70. The third-order valence-electron chi connectivity index (χ3n) is 16.1. The van der Waals surface area contributed by atoms with Crippen molar-refractivity contribution in [1.82, 2.24) is 0 Å². The van der Waals surface area contributed by atoms with Crippen molar-refractivity contribution in [2.75, 3.05) is 4.90 Å². The molecule has 0 heterocycles. The number of aryl methyl sites for hydroxylation is 1. The number of rotatable bonds is 31. The summed E-state index contributed by atoms with van der Waals surface area (Å²) >= 11 is 0. The Morgan fingerprint density at radius 3 is 0.970 bits per heavy atom. The Kier molecular flexibility index (Phi) is 19.1. The molecule has 0 amide bonds. The highest BCUT2D eigenvalue weighted by atomic mass is 15.1. The third-order valence-corrected chi connectivity index (χ3v) is 16.1. The first-order valence-electron chi connectivity index (χ1n) is 27.9. The molecule has 0 saturated carbocycles. The second-order valence-electron chi connectivity index (χ2n) is 21.0. The number of benzene rings is 5.